The Bertz CT molecular complexity index is 694. The van der Waals surface area contributed by atoms with Crippen LogP contribution in [0.5, 0.6) is 0 Å². The van der Waals surface area contributed by atoms with Gasteiger partial charge in [-0.15, -0.1) is 0 Å². The van der Waals surface area contributed by atoms with E-state index in [4.69, 9.17) is 0 Å². The Labute approximate surface area is 143 Å². The molecular weight excluding hydrogens is 300 g/mol. The van der Waals surface area contributed by atoms with Crippen molar-refractivity contribution in [1.82, 2.24) is 20.2 Å². The maximum atomic E-state index is 12.4. The topological polar surface area (TPSA) is 58.1 Å². The van der Waals surface area contributed by atoms with Gasteiger partial charge in [-0.25, -0.2) is 9.97 Å². The lowest BCUT2D eigenvalue weighted by Gasteiger charge is -2.28. The monoisotopic (exact) mass is 324 g/mol. The van der Waals surface area contributed by atoms with Crippen LogP contribution in [0, 0.1) is 6.92 Å². The van der Waals surface area contributed by atoms with Crippen LogP contribution < -0.4 is 5.32 Å². The van der Waals surface area contributed by atoms with Gasteiger partial charge in [0.05, 0.1) is 0 Å². The molecule has 24 heavy (non-hydrogen) atoms. The maximum Gasteiger partial charge on any atom is 0.270 e. The van der Waals surface area contributed by atoms with E-state index in [9.17, 15) is 4.79 Å². The number of hydrogen-bond donors (Lipinski definition) is 1. The molecule has 1 saturated heterocycles. The minimum absolute atomic E-state index is 0.140. The van der Waals surface area contributed by atoms with Gasteiger partial charge in [0.25, 0.3) is 5.91 Å². The average molecular weight is 324 g/mol. The molecule has 0 bridgehead atoms. The van der Waals surface area contributed by atoms with Crippen molar-refractivity contribution >= 4 is 5.91 Å². The van der Waals surface area contributed by atoms with E-state index in [0.717, 1.165) is 43.0 Å². The Morgan fingerprint density at radius 2 is 1.92 bits per heavy atom. The van der Waals surface area contributed by atoms with E-state index in [0.29, 0.717) is 18.2 Å². The Hall–Kier alpha value is -2.27. The SMILES string of the molecule is Cc1cc(C(=O)NCc2ccccc2)nc(C2CCN(C)CC2)n1. The number of aromatic nitrogens is 2. The quantitative estimate of drug-likeness (QED) is 0.939. The number of piperidine rings is 1. The number of nitrogens with one attached hydrogen (secondary N) is 1. The summed E-state index contributed by atoms with van der Waals surface area (Å²) in [4.78, 5) is 23.9. The summed E-state index contributed by atoms with van der Waals surface area (Å²) in [6.45, 7) is 4.54. The summed E-state index contributed by atoms with van der Waals surface area (Å²) in [7, 11) is 2.13. The molecule has 1 fully saturated rings. The van der Waals surface area contributed by atoms with Crippen molar-refractivity contribution in [3.05, 3.63) is 59.2 Å². The zero-order chi connectivity index (χ0) is 16.9. The van der Waals surface area contributed by atoms with Gasteiger partial charge in [0.15, 0.2) is 0 Å². The molecule has 2 aromatic rings. The molecule has 2 heterocycles. The molecule has 1 amide bonds. The molecule has 0 aliphatic carbocycles. The van der Waals surface area contributed by atoms with Crippen LogP contribution in [0.4, 0.5) is 0 Å². The van der Waals surface area contributed by atoms with Crippen LogP contribution in [-0.2, 0) is 6.54 Å². The van der Waals surface area contributed by atoms with Gasteiger partial charge in [0.2, 0.25) is 0 Å². The number of hydrogen-bond acceptors (Lipinski definition) is 4. The van der Waals surface area contributed by atoms with E-state index in [2.05, 4.69) is 27.2 Å². The molecule has 1 aromatic heterocycles. The first-order valence-electron chi connectivity index (χ1n) is 8.48. The fraction of sp³-hybridized carbons (Fsp3) is 0.421. The fourth-order valence-electron chi connectivity index (χ4n) is 3.03. The summed E-state index contributed by atoms with van der Waals surface area (Å²) in [5, 5.41) is 2.94. The maximum absolute atomic E-state index is 12.4. The molecule has 3 rings (SSSR count). The first-order chi connectivity index (χ1) is 11.6. The number of nitrogens with zero attached hydrogens (tertiary/aromatic N) is 3. The van der Waals surface area contributed by atoms with E-state index in [1.165, 1.54) is 0 Å². The van der Waals surface area contributed by atoms with E-state index < -0.39 is 0 Å². The van der Waals surface area contributed by atoms with Crippen LogP contribution in [-0.4, -0.2) is 40.9 Å². The van der Waals surface area contributed by atoms with Crippen LogP contribution in [0.25, 0.3) is 0 Å². The van der Waals surface area contributed by atoms with Gasteiger partial charge in [0, 0.05) is 18.2 Å². The third-order valence-electron chi connectivity index (χ3n) is 4.48. The van der Waals surface area contributed by atoms with Crippen LogP contribution in [0.1, 0.15) is 46.3 Å². The van der Waals surface area contributed by atoms with Crippen LogP contribution in [0.3, 0.4) is 0 Å². The van der Waals surface area contributed by atoms with Gasteiger partial charge in [-0.2, -0.15) is 0 Å². The third-order valence-corrected chi connectivity index (χ3v) is 4.48. The van der Waals surface area contributed by atoms with Crippen molar-refractivity contribution in [2.45, 2.75) is 32.2 Å². The highest BCUT2D eigenvalue weighted by Gasteiger charge is 2.22. The highest BCUT2D eigenvalue weighted by molar-refractivity contribution is 5.92. The Morgan fingerprint density at radius 3 is 2.62 bits per heavy atom. The standard InChI is InChI=1S/C19H24N4O/c1-14-12-17(19(24)20-13-15-6-4-3-5-7-15)22-18(21-14)16-8-10-23(2)11-9-16/h3-7,12,16H,8-11,13H2,1-2H3,(H,20,24). The molecule has 1 aliphatic heterocycles. The molecule has 0 radical (unpaired) electrons. The molecule has 1 N–H and O–H groups in total. The first kappa shape index (κ1) is 16.6. The number of rotatable bonds is 4. The van der Waals surface area contributed by atoms with Crippen LogP contribution >= 0.6 is 0 Å². The number of aryl methyl sites for hydroxylation is 1. The molecule has 0 spiro atoms. The molecule has 1 aromatic carbocycles. The third kappa shape index (κ3) is 4.17. The summed E-state index contributed by atoms with van der Waals surface area (Å²) in [6.07, 6.45) is 2.09. The summed E-state index contributed by atoms with van der Waals surface area (Å²) in [5.41, 5.74) is 2.39. The lowest BCUT2D eigenvalue weighted by atomic mass is 9.96. The van der Waals surface area contributed by atoms with E-state index in [-0.39, 0.29) is 5.91 Å². The number of benzene rings is 1. The molecular formula is C19H24N4O. The summed E-state index contributed by atoms with van der Waals surface area (Å²) in [5.74, 6) is 1.02. The number of likely N-dealkylation sites (tertiary alicyclic amines) is 1. The highest BCUT2D eigenvalue weighted by atomic mass is 16.1. The van der Waals surface area contributed by atoms with E-state index in [1.54, 1.807) is 6.07 Å². The number of carbonyl (C=O) groups is 1. The highest BCUT2D eigenvalue weighted by Crippen LogP contribution is 2.25. The van der Waals surface area contributed by atoms with Crippen LogP contribution in [0.15, 0.2) is 36.4 Å². The lowest BCUT2D eigenvalue weighted by Crippen LogP contribution is -2.30. The molecule has 5 heteroatoms. The second kappa shape index (κ2) is 7.53. The molecule has 0 saturated carbocycles. The zero-order valence-electron chi connectivity index (χ0n) is 14.3. The Morgan fingerprint density at radius 1 is 1.21 bits per heavy atom. The van der Waals surface area contributed by atoms with Gasteiger partial charge in [-0.3, -0.25) is 4.79 Å². The number of amides is 1. The van der Waals surface area contributed by atoms with Crippen molar-refractivity contribution in [3.8, 4) is 0 Å². The van der Waals surface area contributed by atoms with E-state index in [1.807, 2.05) is 37.3 Å². The van der Waals surface area contributed by atoms with E-state index >= 15 is 0 Å². The molecule has 126 valence electrons. The summed E-state index contributed by atoms with van der Waals surface area (Å²) >= 11 is 0. The molecule has 0 unspecified atom stereocenters. The Balaban J connectivity index is 1.69. The Kier molecular flexibility index (Phi) is 5.20. The van der Waals surface area contributed by atoms with Crippen molar-refractivity contribution in [2.24, 2.45) is 0 Å². The zero-order valence-corrected chi connectivity index (χ0v) is 14.3. The minimum atomic E-state index is -0.140. The van der Waals surface area contributed by atoms with Crippen molar-refractivity contribution in [2.75, 3.05) is 20.1 Å². The van der Waals surface area contributed by atoms with Gasteiger partial charge in [-0.1, -0.05) is 30.3 Å². The number of carbonyl (C=O) groups excluding carboxylic acids is 1. The normalized spacial score (nSPS) is 16.1. The molecule has 1 aliphatic rings. The fourth-order valence-corrected chi connectivity index (χ4v) is 3.03. The first-order valence-corrected chi connectivity index (χ1v) is 8.48. The smallest absolute Gasteiger partial charge is 0.270 e. The summed E-state index contributed by atoms with van der Waals surface area (Å²) < 4.78 is 0. The van der Waals surface area contributed by atoms with Crippen molar-refractivity contribution < 1.29 is 4.79 Å². The van der Waals surface area contributed by atoms with Gasteiger partial charge in [-0.05, 0) is 51.5 Å². The predicted octanol–water partition coefficient (Wildman–Crippen LogP) is 2.52. The largest absolute Gasteiger partial charge is 0.347 e. The predicted molar refractivity (Wildman–Crippen MR) is 93.9 cm³/mol. The average Bonchev–Trinajstić information content (AvgIpc) is 2.60. The van der Waals surface area contributed by atoms with Gasteiger partial charge in [0.1, 0.15) is 11.5 Å². The van der Waals surface area contributed by atoms with Crippen molar-refractivity contribution in [1.29, 1.82) is 0 Å². The minimum Gasteiger partial charge on any atom is -0.347 e. The second-order valence-corrected chi connectivity index (χ2v) is 6.50. The van der Waals surface area contributed by atoms with Gasteiger partial charge < -0.3 is 10.2 Å². The lowest BCUT2D eigenvalue weighted by molar-refractivity contribution is 0.0945. The second-order valence-electron chi connectivity index (χ2n) is 6.50. The van der Waals surface area contributed by atoms with Gasteiger partial charge >= 0.3 is 0 Å². The van der Waals surface area contributed by atoms with Crippen LogP contribution in [0.2, 0.25) is 0 Å². The van der Waals surface area contributed by atoms with Crippen molar-refractivity contribution in [3.63, 3.8) is 0 Å². The molecule has 0 atom stereocenters. The summed E-state index contributed by atoms with van der Waals surface area (Å²) in [6, 6.07) is 11.7. The molecule has 5 nitrogen and oxygen atoms in total.